The van der Waals surface area contributed by atoms with Crippen LogP contribution in [0.25, 0.3) is 10.9 Å². The number of hydrogen-bond donors (Lipinski definition) is 1. The number of benzene rings is 2. The number of nitrogens with zero attached hydrogens (tertiary/aromatic N) is 2. The van der Waals surface area contributed by atoms with E-state index in [1.165, 1.54) is 11.8 Å². The number of hydrogen-bond acceptors (Lipinski definition) is 5. The van der Waals surface area contributed by atoms with Crippen LogP contribution in [0.15, 0.2) is 53.6 Å². The van der Waals surface area contributed by atoms with Crippen LogP contribution in [0.5, 0.6) is 5.75 Å². The number of carbonyl (C=O) groups is 1. The van der Waals surface area contributed by atoms with Crippen molar-refractivity contribution in [1.29, 1.82) is 5.26 Å². The molecule has 0 fully saturated rings. The van der Waals surface area contributed by atoms with E-state index in [-0.39, 0.29) is 11.7 Å². The van der Waals surface area contributed by atoms with E-state index < -0.39 is 0 Å². The number of para-hydroxylation sites is 1. The van der Waals surface area contributed by atoms with E-state index >= 15 is 0 Å². The second-order valence-corrected chi connectivity index (χ2v) is 6.70. The molecule has 3 rings (SSSR count). The van der Waals surface area contributed by atoms with Crippen molar-refractivity contribution in [2.45, 2.75) is 5.03 Å². The Hall–Kier alpha value is -2.75. The summed E-state index contributed by atoms with van der Waals surface area (Å²) in [5.74, 6) is 0.573. The molecule has 0 unspecified atom stereocenters. The van der Waals surface area contributed by atoms with Crippen molar-refractivity contribution in [3.63, 3.8) is 0 Å². The maximum absolute atomic E-state index is 12.2. The lowest BCUT2D eigenvalue weighted by molar-refractivity contribution is -0.113. The number of nitriles is 1. The first-order valence-electron chi connectivity index (χ1n) is 7.67. The molecule has 0 bridgehead atoms. The molecule has 0 atom stereocenters. The number of carbonyl (C=O) groups excluding carboxylic acids is 1. The van der Waals surface area contributed by atoms with Gasteiger partial charge in [-0.15, -0.1) is 0 Å². The van der Waals surface area contributed by atoms with Gasteiger partial charge in [-0.2, -0.15) is 5.26 Å². The third-order valence-corrected chi connectivity index (χ3v) is 4.92. The van der Waals surface area contributed by atoms with Crippen LogP contribution >= 0.6 is 23.4 Å². The topological polar surface area (TPSA) is 75.0 Å². The van der Waals surface area contributed by atoms with Gasteiger partial charge in [-0.1, -0.05) is 35.5 Å². The number of ether oxygens (including phenoxy) is 1. The SMILES string of the molecule is COc1ccc2cc(C#N)c(SCC(=O)Nc3ccccc3Cl)nc2c1. The first-order chi connectivity index (χ1) is 12.6. The Morgan fingerprint density at radius 1 is 1.31 bits per heavy atom. The van der Waals surface area contributed by atoms with E-state index in [1.807, 2.05) is 12.1 Å². The van der Waals surface area contributed by atoms with Gasteiger partial charge in [0.25, 0.3) is 0 Å². The third kappa shape index (κ3) is 4.07. The van der Waals surface area contributed by atoms with E-state index in [1.54, 1.807) is 43.5 Å². The Bertz CT molecular complexity index is 1020. The van der Waals surface area contributed by atoms with Crippen LogP contribution < -0.4 is 10.1 Å². The van der Waals surface area contributed by atoms with Gasteiger partial charge in [0.2, 0.25) is 5.91 Å². The summed E-state index contributed by atoms with van der Waals surface area (Å²) in [6.07, 6.45) is 0. The molecule has 1 N–H and O–H groups in total. The number of fused-ring (bicyclic) bond motifs is 1. The van der Waals surface area contributed by atoms with Gasteiger partial charge in [-0.25, -0.2) is 4.98 Å². The molecule has 0 aliphatic carbocycles. The number of aromatic nitrogens is 1. The van der Waals surface area contributed by atoms with Crippen LogP contribution in [-0.4, -0.2) is 23.8 Å². The number of halogens is 1. The normalized spacial score (nSPS) is 10.3. The molecule has 0 aliphatic heterocycles. The largest absolute Gasteiger partial charge is 0.497 e. The molecule has 130 valence electrons. The minimum atomic E-state index is -0.223. The first-order valence-corrected chi connectivity index (χ1v) is 9.03. The number of rotatable bonds is 5. The lowest BCUT2D eigenvalue weighted by atomic mass is 10.1. The standard InChI is InChI=1S/C19H14ClN3O2S/c1-25-14-7-6-12-8-13(10-21)19(23-17(12)9-14)26-11-18(24)22-16-5-3-2-4-15(16)20/h2-9H,11H2,1H3,(H,22,24). The minimum absolute atomic E-state index is 0.113. The summed E-state index contributed by atoms with van der Waals surface area (Å²) in [6.45, 7) is 0. The van der Waals surface area contributed by atoms with Crippen LogP contribution in [0.2, 0.25) is 5.02 Å². The van der Waals surface area contributed by atoms with Crippen LogP contribution in [0, 0.1) is 11.3 Å². The van der Waals surface area contributed by atoms with Gasteiger partial charge in [-0.05, 0) is 30.3 Å². The molecular weight excluding hydrogens is 370 g/mol. The Kier molecular flexibility index (Phi) is 5.61. The van der Waals surface area contributed by atoms with Crippen LogP contribution in [-0.2, 0) is 4.79 Å². The fraction of sp³-hybridized carbons (Fsp3) is 0.105. The maximum atomic E-state index is 12.2. The average molecular weight is 384 g/mol. The van der Waals surface area contributed by atoms with Gasteiger partial charge in [0, 0.05) is 11.5 Å². The summed E-state index contributed by atoms with van der Waals surface area (Å²) < 4.78 is 5.21. The van der Waals surface area contributed by atoms with Crippen molar-refractivity contribution in [3.8, 4) is 11.8 Å². The molecule has 1 heterocycles. The zero-order chi connectivity index (χ0) is 18.5. The Labute approximate surface area is 159 Å². The molecule has 0 aliphatic rings. The number of amides is 1. The number of anilines is 1. The second-order valence-electron chi connectivity index (χ2n) is 5.33. The van der Waals surface area contributed by atoms with Crippen molar-refractivity contribution in [1.82, 2.24) is 4.98 Å². The molecule has 0 spiro atoms. The molecule has 2 aromatic carbocycles. The summed E-state index contributed by atoms with van der Waals surface area (Å²) in [4.78, 5) is 16.7. The molecule has 0 saturated heterocycles. The van der Waals surface area contributed by atoms with Crippen molar-refractivity contribution in [2.24, 2.45) is 0 Å². The maximum Gasteiger partial charge on any atom is 0.234 e. The van der Waals surface area contributed by atoms with Gasteiger partial charge in [-0.3, -0.25) is 4.79 Å². The van der Waals surface area contributed by atoms with E-state index in [0.29, 0.717) is 32.6 Å². The van der Waals surface area contributed by atoms with Crippen LogP contribution in [0.1, 0.15) is 5.56 Å². The lowest BCUT2D eigenvalue weighted by Crippen LogP contribution is -2.14. The highest BCUT2D eigenvalue weighted by Gasteiger charge is 2.12. The first kappa shape index (κ1) is 18.1. The number of thioether (sulfide) groups is 1. The molecule has 0 saturated carbocycles. The van der Waals surface area contributed by atoms with E-state index in [9.17, 15) is 10.1 Å². The van der Waals surface area contributed by atoms with Crippen LogP contribution in [0.4, 0.5) is 5.69 Å². The van der Waals surface area contributed by atoms with E-state index in [2.05, 4.69) is 16.4 Å². The van der Waals surface area contributed by atoms with Crippen molar-refractivity contribution >= 4 is 45.9 Å². The van der Waals surface area contributed by atoms with Crippen molar-refractivity contribution in [3.05, 3.63) is 59.1 Å². The predicted octanol–water partition coefficient (Wildman–Crippen LogP) is 4.50. The molecule has 1 aromatic heterocycles. The number of methoxy groups -OCH3 is 1. The Morgan fingerprint density at radius 2 is 2.12 bits per heavy atom. The summed E-state index contributed by atoms with van der Waals surface area (Å²) in [5.41, 5.74) is 1.69. The summed E-state index contributed by atoms with van der Waals surface area (Å²) in [7, 11) is 1.58. The fourth-order valence-electron chi connectivity index (χ4n) is 2.33. The van der Waals surface area contributed by atoms with Crippen molar-refractivity contribution in [2.75, 3.05) is 18.2 Å². The molecule has 26 heavy (non-hydrogen) atoms. The highest BCUT2D eigenvalue weighted by Crippen LogP contribution is 2.27. The van der Waals surface area contributed by atoms with Gasteiger partial charge < -0.3 is 10.1 Å². The number of pyridine rings is 1. The fourth-order valence-corrected chi connectivity index (χ4v) is 3.28. The molecular formula is C19H14ClN3O2S. The monoisotopic (exact) mass is 383 g/mol. The van der Waals surface area contributed by atoms with Gasteiger partial charge in [0.15, 0.2) is 0 Å². The van der Waals surface area contributed by atoms with Gasteiger partial charge in [0.1, 0.15) is 16.8 Å². The third-order valence-electron chi connectivity index (χ3n) is 3.60. The molecule has 7 heteroatoms. The molecule has 5 nitrogen and oxygen atoms in total. The number of nitrogens with one attached hydrogen (secondary N) is 1. The Morgan fingerprint density at radius 3 is 2.85 bits per heavy atom. The molecule has 1 amide bonds. The summed E-state index contributed by atoms with van der Waals surface area (Å²) in [6, 6.07) is 16.4. The molecule has 0 radical (unpaired) electrons. The highest BCUT2D eigenvalue weighted by molar-refractivity contribution is 8.00. The summed E-state index contributed by atoms with van der Waals surface area (Å²) in [5, 5.41) is 13.9. The summed E-state index contributed by atoms with van der Waals surface area (Å²) >= 11 is 7.24. The smallest absolute Gasteiger partial charge is 0.234 e. The van der Waals surface area contributed by atoms with Gasteiger partial charge >= 0.3 is 0 Å². The van der Waals surface area contributed by atoms with E-state index in [4.69, 9.17) is 16.3 Å². The quantitative estimate of drug-likeness (QED) is 0.656. The molecule has 3 aromatic rings. The van der Waals surface area contributed by atoms with Crippen LogP contribution in [0.3, 0.4) is 0 Å². The predicted molar refractivity (Wildman–Crippen MR) is 104 cm³/mol. The average Bonchev–Trinajstić information content (AvgIpc) is 2.66. The second kappa shape index (κ2) is 8.09. The zero-order valence-corrected chi connectivity index (χ0v) is 15.4. The minimum Gasteiger partial charge on any atom is -0.497 e. The highest BCUT2D eigenvalue weighted by atomic mass is 35.5. The lowest BCUT2D eigenvalue weighted by Gasteiger charge is -2.08. The van der Waals surface area contributed by atoms with Crippen molar-refractivity contribution < 1.29 is 9.53 Å². The Balaban J connectivity index is 1.78. The van der Waals surface area contributed by atoms with Gasteiger partial charge in [0.05, 0.1) is 34.7 Å². The van der Waals surface area contributed by atoms with E-state index in [0.717, 1.165) is 5.39 Å². The zero-order valence-electron chi connectivity index (χ0n) is 13.8.